The van der Waals surface area contributed by atoms with E-state index in [-0.39, 0.29) is 23.2 Å². The summed E-state index contributed by atoms with van der Waals surface area (Å²) in [5, 5.41) is 2.68. The van der Waals surface area contributed by atoms with Crippen molar-refractivity contribution in [3.05, 3.63) is 29.8 Å². The van der Waals surface area contributed by atoms with Gasteiger partial charge in [0.1, 0.15) is 12.4 Å². The van der Waals surface area contributed by atoms with E-state index in [1.165, 1.54) is 6.07 Å². The van der Waals surface area contributed by atoms with Crippen LogP contribution in [0.1, 0.15) is 18.9 Å². The van der Waals surface area contributed by atoms with Crippen LogP contribution in [0.5, 0.6) is 0 Å². The number of carbonyl (C=O) groups is 1. The number of amidine groups is 1. The summed E-state index contributed by atoms with van der Waals surface area (Å²) in [7, 11) is -3.53. The lowest BCUT2D eigenvalue weighted by molar-refractivity contribution is -0.119. The van der Waals surface area contributed by atoms with E-state index in [0.717, 1.165) is 6.42 Å². The van der Waals surface area contributed by atoms with Gasteiger partial charge in [-0.15, -0.1) is 0 Å². The number of hydrogen-bond acceptors (Lipinski definition) is 4. The molecule has 19 heavy (non-hydrogen) atoms. The number of sulfonamides is 1. The van der Waals surface area contributed by atoms with E-state index in [2.05, 4.69) is 15.0 Å². The molecule has 2 rings (SSSR count). The molecule has 0 radical (unpaired) electrons. The second kappa shape index (κ2) is 5.40. The quantitative estimate of drug-likeness (QED) is 0.829. The summed E-state index contributed by atoms with van der Waals surface area (Å²) < 4.78 is 25.9. The van der Waals surface area contributed by atoms with Crippen LogP contribution in [0.2, 0.25) is 0 Å². The van der Waals surface area contributed by atoms with E-state index < -0.39 is 10.0 Å². The lowest BCUT2D eigenvalue weighted by atomic mass is 10.2. The number of fused-ring (bicyclic) bond motifs is 1. The summed E-state index contributed by atoms with van der Waals surface area (Å²) in [6.45, 7) is 2.45. The van der Waals surface area contributed by atoms with Crippen LogP contribution in [0, 0.1) is 0 Å². The van der Waals surface area contributed by atoms with Crippen molar-refractivity contribution in [2.24, 2.45) is 4.99 Å². The zero-order valence-electron chi connectivity index (χ0n) is 10.5. The highest BCUT2D eigenvalue weighted by atomic mass is 32.2. The Kier molecular flexibility index (Phi) is 3.84. The zero-order valence-corrected chi connectivity index (χ0v) is 11.3. The zero-order chi connectivity index (χ0) is 13.9. The molecule has 1 aromatic rings. The van der Waals surface area contributed by atoms with Gasteiger partial charge in [-0.25, -0.2) is 8.42 Å². The Morgan fingerprint density at radius 3 is 2.84 bits per heavy atom. The summed E-state index contributed by atoms with van der Waals surface area (Å²) in [5.74, 6) is 0.000164. The van der Waals surface area contributed by atoms with Gasteiger partial charge in [-0.1, -0.05) is 19.1 Å². The molecule has 0 atom stereocenters. The first-order chi connectivity index (χ1) is 9.04. The Morgan fingerprint density at radius 2 is 2.11 bits per heavy atom. The van der Waals surface area contributed by atoms with Gasteiger partial charge in [0, 0.05) is 12.1 Å². The van der Waals surface area contributed by atoms with Gasteiger partial charge in [-0.05, 0) is 18.6 Å². The van der Waals surface area contributed by atoms with Crippen LogP contribution in [-0.4, -0.2) is 33.3 Å². The average Bonchev–Trinajstić information content (AvgIpc) is 2.66. The molecule has 0 aliphatic carbocycles. The molecule has 1 heterocycles. The third-order valence-corrected chi connectivity index (χ3v) is 4.01. The molecule has 0 aromatic heterocycles. The molecule has 6 nitrogen and oxygen atoms in total. The Bertz CT molecular complexity index is 623. The summed E-state index contributed by atoms with van der Waals surface area (Å²) in [4.78, 5) is 15.7. The Hall–Kier alpha value is -1.89. The van der Waals surface area contributed by atoms with Crippen molar-refractivity contribution in [2.45, 2.75) is 18.2 Å². The minimum absolute atomic E-state index is 0.0911. The van der Waals surface area contributed by atoms with Gasteiger partial charge in [-0.3, -0.25) is 14.5 Å². The minimum Gasteiger partial charge on any atom is -0.355 e. The lowest BCUT2D eigenvalue weighted by Gasteiger charge is -2.01. The molecule has 0 fully saturated rings. The Morgan fingerprint density at radius 1 is 1.37 bits per heavy atom. The van der Waals surface area contributed by atoms with Crippen LogP contribution in [0.25, 0.3) is 0 Å². The number of nitrogens with zero attached hydrogens (tertiary/aromatic N) is 1. The molecule has 1 amide bonds. The van der Waals surface area contributed by atoms with E-state index in [0.29, 0.717) is 12.1 Å². The van der Waals surface area contributed by atoms with Crippen molar-refractivity contribution in [3.63, 3.8) is 0 Å². The molecular formula is C12H15N3O3S. The summed E-state index contributed by atoms with van der Waals surface area (Å²) in [6.07, 6.45) is 0.845. The predicted octanol–water partition coefficient (Wildman–Crippen LogP) is 0.251. The maximum atomic E-state index is 11.8. The third-order valence-electron chi connectivity index (χ3n) is 2.62. The van der Waals surface area contributed by atoms with Crippen molar-refractivity contribution in [1.82, 2.24) is 10.0 Å². The molecule has 102 valence electrons. The van der Waals surface area contributed by atoms with Gasteiger partial charge in [0.15, 0.2) is 0 Å². The fraction of sp³-hybridized carbons (Fsp3) is 0.333. The van der Waals surface area contributed by atoms with Gasteiger partial charge in [-0.2, -0.15) is 0 Å². The van der Waals surface area contributed by atoms with E-state index in [1.54, 1.807) is 18.2 Å². The summed E-state index contributed by atoms with van der Waals surface area (Å²) in [5.41, 5.74) is 0.505. The van der Waals surface area contributed by atoms with Crippen LogP contribution in [-0.2, 0) is 14.8 Å². The first kappa shape index (κ1) is 13.5. The highest BCUT2D eigenvalue weighted by molar-refractivity contribution is 7.90. The molecule has 0 unspecified atom stereocenters. The Balaban J connectivity index is 2.17. The highest BCUT2D eigenvalue weighted by Crippen LogP contribution is 2.21. The van der Waals surface area contributed by atoms with Gasteiger partial charge in [0.2, 0.25) is 5.91 Å². The Labute approximate surface area is 112 Å². The van der Waals surface area contributed by atoms with Crippen LogP contribution >= 0.6 is 0 Å². The van der Waals surface area contributed by atoms with E-state index >= 15 is 0 Å². The van der Waals surface area contributed by atoms with Gasteiger partial charge in [0.25, 0.3) is 10.0 Å². The van der Waals surface area contributed by atoms with Crippen molar-refractivity contribution in [1.29, 1.82) is 0 Å². The van der Waals surface area contributed by atoms with Crippen molar-refractivity contribution < 1.29 is 13.2 Å². The monoisotopic (exact) mass is 281 g/mol. The molecule has 0 saturated carbocycles. The number of rotatable bonds is 4. The molecule has 1 aliphatic rings. The van der Waals surface area contributed by atoms with Gasteiger partial charge in [0.05, 0.1) is 4.90 Å². The van der Waals surface area contributed by atoms with Crippen LogP contribution in [0.15, 0.2) is 34.2 Å². The summed E-state index contributed by atoms with van der Waals surface area (Å²) in [6, 6.07) is 6.55. The number of aliphatic imine (C=N–C) groups is 1. The maximum absolute atomic E-state index is 11.8. The topological polar surface area (TPSA) is 87.6 Å². The first-order valence-corrected chi connectivity index (χ1v) is 7.46. The molecule has 2 N–H and O–H groups in total. The van der Waals surface area contributed by atoms with Gasteiger partial charge < -0.3 is 5.32 Å². The second-order valence-electron chi connectivity index (χ2n) is 4.12. The lowest BCUT2D eigenvalue weighted by Crippen LogP contribution is -2.28. The van der Waals surface area contributed by atoms with Gasteiger partial charge >= 0.3 is 0 Å². The smallest absolute Gasteiger partial charge is 0.263 e. The normalized spacial score (nSPS) is 17.8. The summed E-state index contributed by atoms with van der Waals surface area (Å²) >= 11 is 0. The molecule has 0 spiro atoms. The third kappa shape index (κ3) is 2.93. The fourth-order valence-corrected chi connectivity index (χ4v) is 2.97. The second-order valence-corrected chi connectivity index (χ2v) is 5.77. The fourth-order valence-electron chi connectivity index (χ4n) is 1.72. The van der Waals surface area contributed by atoms with Crippen molar-refractivity contribution >= 4 is 21.8 Å². The maximum Gasteiger partial charge on any atom is 0.263 e. The average molecular weight is 281 g/mol. The number of nitrogens with one attached hydrogen (secondary N) is 2. The first-order valence-electron chi connectivity index (χ1n) is 5.98. The minimum atomic E-state index is -3.53. The highest BCUT2D eigenvalue weighted by Gasteiger charge is 2.30. The molecular weight excluding hydrogens is 266 g/mol. The van der Waals surface area contributed by atoms with Crippen molar-refractivity contribution in [2.75, 3.05) is 13.1 Å². The van der Waals surface area contributed by atoms with E-state index in [1.807, 2.05) is 6.92 Å². The standard InChI is InChI=1S/C12H15N3O3S/c1-2-7-13-11(16)8-14-12-9-5-3-4-6-10(9)19(17,18)15-12/h3-6H,2,7-8H2,1H3,(H,13,16)(H,14,15). The number of carbonyl (C=O) groups excluding carboxylic acids is 1. The predicted molar refractivity (Wildman–Crippen MR) is 71.5 cm³/mol. The van der Waals surface area contributed by atoms with Crippen LogP contribution < -0.4 is 10.0 Å². The van der Waals surface area contributed by atoms with E-state index in [4.69, 9.17) is 0 Å². The molecule has 0 saturated heterocycles. The number of amides is 1. The SMILES string of the molecule is CCCNC(=O)CN=C1NS(=O)(=O)c2ccccc21. The molecule has 1 aliphatic heterocycles. The molecule has 7 heteroatoms. The van der Waals surface area contributed by atoms with E-state index in [9.17, 15) is 13.2 Å². The van der Waals surface area contributed by atoms with Crippen LogP contribution in [0.3, 0.4) is 0 Å². The number of hydrogen-bond donors (Lipinski definition) is 2. The molecule has 1 aromatic carbocycles. The van der Waals surface area contributed by atoms with Crippen molar-refractivity contribution in [3.8, 4) is 0 Å². The molecule has 0 bridgehead atoms. The largest absolute Gasteiger partial charge is 0.355 e. The van der Waals surface area contributed by atoms with Crippen LogP contribution in [0.4, 0.5) is 0 Å². The number of benzene rings is 1.